The first-order valence-electron chi connectivity index (χ1n) is 14.8. The molecule has 0 unspecified atom stereocenters. The van der Waals surface area contributed by atoms with Gasteiger partial charge in [0, 0.05) is 23.9 Å². The number of aryl methyl sites for hydroxylation is 1. The zero-order valence-electron chi connectivity index (χ0n) is 25.9. The normalized spacial score (nSPS) is 12.7. The zero-order valence-corrected chi connectivity index (χ0v) is 25.9. The number of carbonyl (C=O) groups excluding carboxylic acids is 2. The lowest BCUT2D eigenvalue weighted by molar-refractivity contribution is -0.161. The Morgan fingerprint density at radius 1 is 0.680 bits per heavy atom. The van der Waals surface area contributed by atoms with Crippen LogP contribution in [0.25, 0.3) is 43.1 Å². The first kappa shape index (κ1) is 34.6. The van der Waals surface area contributed by atoms with E-state index in [4.69, 9.17) is 14.2 Å². The van der Waals surface area contributed by atoms with Crippen molar-refractivity contribution in [1.29, 1.82) is 0 Å². The van der Waals surface area contributed by atoms with E-state index in [2.05, 4.69) is 0 Å². The minimum absolute atomic E-state index is 0.0165. The third-order valence-corrected chi connectivity index (χ3v) is 8.57. The van der Waals surface area contributed by atoms with E-state index >= 15 is 13.2 Å². The van der Waals surface area contributed by atoms with Gasteiger partial charge in [-0.3, -0.25) is 9.59 Å². The predicted molar refractivity (Wildman–Crippen MR) is 166 cm³/mol. The highest BCUT2D eigenvalue weighted by Gasteiger charge is 2.48. The minimum atomic E-state index is -5.76. The van der Waals surface area contributed by atoms with Crippen LogP contribution in [0.2, 0.25) is 0 Å². The van der Waals surface area contributed by atoms with Crippen molar-refractivity contribution in [2.24, 2.45) is 0 Å². The van der Waals surface area contributed by atoms with Crippen LogP contribution in [0.5, 0.6) is 17.2 Å². The smallest absolute Gasteiger partial charge is 0.417 e. The molecule has 0 N–H and O–H groups in total. The Morgan fingerprint density at radius 3 is 1.80 bits per heavy atom. The molecule has 0 heterocycles. The molecule has 0 aliphatic heterocycles. The summed E-state index contributed by atoms with van der Waals surface area (Å²) in [5, 5.41) is -2.18. The fourth-order valence-electron chi connectivity index (χ4n) is 6.73. The van der Waals surface area contributed by atoms with Crippen LogP contribution >= 0.6 is 0 Å². The zero-order chi connectivity index (χ0) is 36.3. The van der Waals surface area contributed by atoms with Crippen molar-refractivity contribution < 1.29 is 63.3 Å². The van der Waals surface area contributed by atoms with Crippen LogP contribution in [-0.4, -0.2) is 26.5 Å². The molecule has 0 spiro atoms. The molecule has 0 aromatic heterocycles. The Morgan fingerprint density at radius 2 is 1.26 bits per heavy atom. The van der Waals surface area contributed by atoms with Crippen LogP contribution in [0.4, 0.5) is 39.5 Å². The molecule has 0 aliphatic carbocycles. The molecule has 50 heavy (non-hydrogen) atoms. The summed E-state index contributed by atoms with van der Waals surface area (Å²) in [5.74, 6) is -1.36. The van der Waals surface area contributed by atoms with Crippen molar-refractivity contribution in [3.8, 4) is 17.2 Å². The molecule has 0 radical (unpaired) electrons. The fourth-order valence-corrected chi connectivity index (χ4v) is 6.73. The minimum Gasteiger partial charge on any atom is -0.496 e. The largest absolute Gasteiger partial charge is 0.496 e. The van der Waals surface area contributed by atoms with Gasteiger partial charge in [0.05, 0.1) is 36.5 Å². The molecule has 0 fully saturated rings. The van der Waals surface area contributed by atoms with Gasteiger partial charge in [-0.15, -0.1) is 0 Å². The first-order chi connectivity index (χ1) is 23.5. The maximum absolute atomic E-state index is 15.0. The quantitative estimate of drug-likeness (QED) is 0.0394. The molecule has 0 amide bonds. The second kappa shape index (κ2) is 12.3. The molecule has 0 aliphatic rings. The highest BCUT2D eigenvalue weighted by molar-refractivity contribution is 6.34. The van der Waals surface area contributed by atoms with Crippen molar-refractivity contribution in [3.63, 3.8) is 0 Å². The number of rotatable bonds is 8. The van der Waals surface area contributed by atoms with E-state index in [1.54, 1.807) is 18.2 Å². The van der Waals surface area contributed by atoms with Crippen LogP contribution < -0.4 is 14.2 Å². The lowest BCUT2D eigenvalue weighted by atomic mass is 9.80. The SMILES string of the molecule is COc1cc(OC(=O)CCCc2c(C(F)(F)F)c(C(F)(F)F)c3c4cccc5cccc(c6ccc(C(F)(F)F)c2c63)c54)cc(OC)c1C=O. The number of hydrogen-bond acceptors (Lipinski definition) is 5. The Kier molecular flexibility index (Phi) is 8.47. The summed E-state index contributed by atoms with van der Waals surface area (Å²) in [6.07, 6.45) is -18.6. The molecule has 5 nitrogen and oxygen atoms in total. The van der Waals surface area contributed by atoms with E-state index in [1.807, 2.05) is 0 Å². The van der Waals surface area contributed by atoms with E-state index in [1.165, 1.54) is 32.4 Å². The van der Waals surface area contributed by atoms with Gasteiger partial charge in [-0.1, -0.05) is 42.5 Å². The number of fused-ring (bicyclic) bond motifs is 2. The van der Waals surface area contributed by atoms with Crippen molar-refractivity contribution in [2.75, 3.05) is 14.2 Å². The van der Waals surface area contributed by atoms with Gasteiger partial charge in [-0.2, -0.15) is 39.5 Å². The van der Waals surface area contributed by atoms with Crippen LogP contribution in [-0.2, 0) is 29.7 Å². The fraction of sp³-hybridized carbons (Fsp3) is 0.222. The average Bonchev–Trinajstić information content (AvgIpc) is 3.04. The monoisotopic (exact) mass is 706 g/mol. The Labute approximate surface area is 276 Å². The summed E-state index contributed by atoms with van der Waals surface area (Å²) in [6, 6.07) is 12.5. The number of alkyl halides is 9. The van der Waals surface area contributed by atoms with Crippen molar-refractivity contribution in [1.82, 2.24) is 0 Å². The molecule has 0 saturated carbocycles. The molecule has 0 bridgehead atoms. The number of carbonyl (C=O) groups is 2. The van der Waals surface area contributed by atoms with Gasteiger partial charge in [0.2, 0.25) is 0 Å². The van der Waals surface area contributed by atoms with Gasteiger partial charge in [-0.25, -0.2) is 0 Å². The highest BCUT2D eigenvalue weighted by Crippen LogP contribution is 2.54. The summed E-state index contributed by atoms with van der Waals surface area (Å²) in [7, 11) is 2.43. The highest BCUT2D eigenvalue weighted by atomic mass is 19.4. The Hall–Kier alpha value is -5.27. The van der Waals surface area contributed by atoms with E-state index in [9.17, 15) is 35.9 Å². The van der Waals surface area contributed by atoms with Crippen molar-refractivity contribution in [3.05, 3.63) is 88.5 Å². The molecule has 260 valence electrons. The summed E-state index contributed by atoms with van der Waals surface area (Å²) in [5.41, 5.74) is -7.16. The first-order valence-corrected chi connectivity index (χ1v) is 14.8. The molecular weight excluding hydrogens is 683 g/mol. The van der Waals surface area contributed by atoms with Gasteiger partial charge in [-0.05, 0) is 62.2 Å². The second-order valence-corrected chi connectivity index (χ2v) is 11.4. The Bertz CT molecular complexity index is 2270. The predicted octanol–water partition coefficient (Wildman–Crippen LogP) is 10.6. The third-order valence-electron chi connectivity index (χ3n) is 8.57. The molecule has 14 heteroatoms. The van der Waals surface area contributed by atoms with Crippen LogP contribution in [0, 0.1) is 0 Å². The number of methoxy groups -OCH3 is 2. The van der Waals surface area contributed by atoms with Crippen molar-refractivity contribution in [2.45, 2.75) is 37.8 Å². The lowest BCUT2D eigenvalue weighted by Gasteiger charge is -2.27. The molecule has 6 aromatic rings. The average molecular weight is 707 g/mol. The topological polar surface area (TPSA) is 61.8 Å². The van der Waals surface area contributed by atoms with E-state index in [0.717, 1.165) is 18.2 Å². The molecule has 6 rings (SSSR count). The molecular formula is C36H23F9O5. The van der Waals surface area contributed by atoms with E-state index in [0.29, 0.717) is 17.7 Å². The van der Waals surface area contributed by atoms with Gasteiger partial charge in [0.1, 0.15) is 17.2 Å². The van der Waals surface area contributed by atoms with Gasteiger partial charge in [0.25, 0.3) is 0 Å². The van der Waals surface area contributed by atoms with Gasteiger partial charge in [0.15, 0.2) is 6.29 Å². The number of hydrogen-bond donors (Lipinski definition) is 0. The summed E-state index contributed by atoms with van der Waals surface area (Å²) in [4.78, 5) is 24.2. The number of esters is 1. The summed E-state index contributed by atoms with van der Waals surface area (Å²) in [6.45, 7) is 0. The summed E-state index contributed by atoms with van der Waals surface area (Å²) < 4.78 is 149. The van der Waals surface area contributed by atoms with Gasteiger partial charge < -0.3 is 14.2 Å². The molecule has 0 atom stereocenters. The molecule has 6 aromatic carbocycles. The second-order valence-electron chi connectivity index (χ2n) is 11.4. The lowest BCUT2D eigenvalue weighted by Crippen LogP contribution is -2.22. The number of aldehydes is 1. The van der Waals surface area contributed by atoms with Crippen LogP contribution in [0.3, 0.4) is 0 Å². The number of halogens is 9. The van der Waals surface area contributed by atoms with Crippen LogP contribution in [0.15, 0.2) is 60.7 Å². The maximum Gasteiger partial charge on any atom is 0.417 e. The van der Waals surface area contributed by atoms with Crippen molar-refractivity contribution >= 4 is 55.3 Å². The number of benzene rings is 6. The molecule has 0 saturated heterocycles. The maximum atomic E-state index is 15.0. The standard InChI is InChI=1S/C36H23F9O5/c1-48-25-14-18(15-26(49-2)23(25)16-46)50-27(47)11-5-10-22-29-24(34(37,38)39)13-12-20-19-8-3-6-17-7-4-9-21(28(17)19)31(30(20)29)33(36(43,44)45)32(22)35(40,41)42/h3-4,6-9,12-16H,5,10-11H2,1-2H3. The van der Waals surface area contributed by atoms with E-state index < -0.39 is 82.2 Å². The third kappa shape index (κ3) is 5.75. The number of ether oxygens (including phenoxy) is 3. The Balaban J connectivity index is 1.58. The van der Waals surface area contributed by atoms with Crippen LogP contribution in [0.1, 0.15) is 45.5 Å². The van der Waals surface area contributed by atoms with E-state index in [-0.39, 0.29) is 44.4 Å². The summed E-state index contributed by atoms with van der Waals surface area (Å²) >= 11 is 0. The van der Waals surface area contributed by atoms with Gasteiger partial charge >= 0.3 is 24.5 Å².